The van der Waals surface area contributed by atoms with Crippen LogP contribution in [0.1, 0.15) is 10.9 Å². The minimum Gasteiger partial charge on any atom is -0.369 e. The van der Waals surface area contributed by atoms with Crippen LogP contribution in [0.25, 0.3) is 0 Å². The highest BCUT2D eigenvalue weighted by atomic mass is 79.9. The van der Waals surface area contributed by atoms with E-state index in [1.54, 1.807) is 0 Å². The molecule has 0 aliphatic heterocycles. The second kappa shape index (κ2) is 5.33. The van der Waals surface area contributed by atoms with Crippen LogP contribution < -0.4 is 11.1 Å². The molecule has 1 heterocycles. The molecule has 0 radical (unpaired) electrons. The van der Waals surface area contributed by atoms with E-state index in [1.807, 2.05) is 41.8 Å². The molecule has 0 saturated carbocycles. The number of nitrogens with two attached hydrogens (primary N) is 1. The molecule has 88 valence electrons. The summed E-state index contributed by atoms with van der Waals surface area (Å²) in [6.45, 7) is 0. The summed E-state index contributed by atoms with van der Waals surface area (Å²) in [5, 5.41) is 5.06. The zero-order chi connectivity index (χ0) is 12.3. The Labute approximate surface area is 112 Å². The van der Waals surface area contributed by atoms with Crippen molar-refractivity contribution in [2.75, 3.05) is 5.32 Å². The second-order valence-corrected chi connectivity index (χ2v) is 5.31. The zero-order valence-electron chi connectivity index (χ0n) is 8.89. The average molecular weight is 311 g/mol. The standard InChI is InChI=1S/C12H11BrN2OS/c13-8-4-1-2-5-9(8)15-11(12(14)16)10-6-3-7-17-10/h1-7,11,15H,(H2,14,16). The first-order valence-electron chi connectivity index (χ1n) is 5.02. The molecule has 0 spiro atoms. The number of rotatable bonds is 4. The lowest BCUT2D eigenvalue weighted by Gasteiger charge is -2.16. The van der Waals surface area contributed by atoms with Crippen molar-refractivity contribution in [3.05, 3.63) is 51.1 Å². The molecule has 0 fully saturated rings. The van der Waals surface area contributed by atoms with Crippen LogP contribution in [0, 0.1) is 0 Å². The van der Waals surface area contributed by atoms with Gasteiger partial charge in [0, 0.05) is 15.0 Å². The van der Waals surface area contributed by atoms with Crippen molar-refractivity contribution in [2.45, 2.75) is 6.04 Å². The van der Waals surface area contributed by atoms with Crippen LogP contribution in [-0.2, 0) is 4.79 Å². The van der Waals surface area contributed by atoms with E-state index in [1.165, 1.54) is 11.3 Å². The fourth-order valence-electron chi connectivity index (χ4n) is 1.47. The van der Waals surface area contributed by atoms with Crippen molar-refractivity contribution in [3.8, 4) is 0 Å². The number of halogens is 1. The van der Waals surface area contributed by atoms with E-state index >= 15 is 0 Å². The molecule has 1 aromatic heterocycles. The summed E-state index contributed by atoms with van der Waals surface area (Å²) in [7, 11) is 0. The minimum absolute atomic E-state index is 0.386. The fraction of sp³-hybridized carbons (Fsp3) is 0.0833. The highest BCUT2D eigenvalue weighted by Gasteiger charge is 2.19. The zero-order valence-corrected chi connectivity index (χ0v) is 11.3. The van der Waals surface area contributed by atoms with Gasteiger partial charge in [0.1, 0.15) is 6.04 Å². The SMILES string of the molecule is NC(=O)C(Nc1ccccc1Br)c1cccs1. The number of anilines is 1. The van der Waals surface area contributed by atoms with Crippen LogP contribution >= 0.6 is 27.3 Å². The Morgan fingerprint density at radius 1 is 1.29 bits per heavy atom. The Kier molecular flexibility index (Phi) is 3.81. The first kappa shape index (κ1) is 12.1. The van der Waals surface area contributed by atoms with E-state index in [2.05, 4.69) is 21.2 Å². The van der Waals surface area contributed by atoms with Crippen molar-refractivity contribution in [2.24, 2.45) is 5.73 Å². The lowest BCUT2D eigenvalue weighted by molar-refractivity contribution is -0.118. The third-order valence-electron chi connectivity index (χ3n) is 2.29. The lowest BCUT2D eigenvalue weighted by atomic mass is 10.2. The largest absolute Gasteiger partial charge is 0.369 e. The third-order valence-corrected chi connectivity index (χ3v) is 3.91. The molecule has 0 aliphatic rings. The van der Waals surface area contributed by atoms with Gasteiger partial charge in [0.2, 0.25) is 5.91 Å². The van der Waals surface area contributed by atoms with Gasteiger partial charge >= 0.3 is 0 Å². The monoisotopic (exact) mass is 310 g/mol. The molecule has 0 bridgehead atoms. The minimum atomic E-state index is -0.492. The molecule has 2 aromatic rings. The number of amides is 1. The molecule has 1 atom stereocenters. The molecule has 0 aliphatic carbocycles. The van der Waals surface area contributed by atoms with Crippen LogP contribution in [0.3, 0.4) is 0 Å². The summed E-state index contributed by atoms with van der Waals surface area (Å²) in [4.78, 5) is 12.4. The van der Waals surface area contributed by atoms with Crippen LogP contribution in [-0.4, -0.2) is 5.91 Å². The lowest BCUT2D eigenvalue weighted by Crippen LogP contribution is -2.27. The van der Waals surface area contributed by atoms with E-state index in [0.29, 0.717) is 0 Å². The van der Waals surface area contributed by atoms with Crippen LogP contribution in [0.5, 0.6) is 0 Å². The van der Waals surface area contributed by atoms with Gasteiger partial charge in [0.05, 0.1) is 0 Å². The van der Waals surface area contributed by atoms with Crippen molar-refractivity contribution < 1.29 is 4.79 Å². The van der Waals surface area contributed by atoms with E-state index in [4.69, 9.17) is 5.73 Å². The van der Waals surface area contributed by atoms with Crippen molar-refractivity contribution in [3.63, 3.8) is 0 Å². The van der Waals surface area contributed by atoms with Gasteiger partial charge in [0.25, 0.3) is 0 Å². The molecule has 1 aromatic carbocycles. The average Bonchev–Trinajstić information content (AvgIpc) is 2.81. The first-order chi connectivity index (χ1) is 8.18. The number of thiophene rings is 1. The Hall–Kier alpha value is -1.33. The quantitative estimate of drug-likeness (QED) is 0.911. The maximum Gasteiger partial charge on any atom is 0.245 e. The summed E-state index contributed by atoms with van der Waals surface area (Å²) in [5.41, 5.74) is 6.27. The predicted octanol–water partition coefficient (Wildman–Crippen LogP) is 3.15. The molecule has 2 rings (SSSR count). The molecule has 1 amide bonds. The van der Waals surface area contributed by atoms with Gasteiger partial charge in [-0.15, -0.1) is 11.3 Å². The summed E-state index contributed by atoms with van der Waals surface area (Å²) < 4.78 is 0.905. The van der Waals surface area contributed by atoms with Crippen LogP contribution in [0.2, 0.25) is 0 Å². The number of nitrogens with one attached hydrogen (secondary N) is 1. The van der Waals surface area contributed by atoms with Crippen LogP contribution in [0.15, 0.2) is 46.3 Å². The van der Waals surface area contributed by atoms with Gasteiger partial charge in [0.15, 0.2) is 0 Å². The van der Waals surface area contributed by atoms with Crippen LogP contribution in [0.4, 0.5) is 5.69 Å². The van der Waals surface area contributed by atoms with Gasteiger partial charge in [-0.3, -0.25) is 4.79 Å². The normalized spacial score (nSPS) is 12.1. The predicted molar refractivity (Wildman–Crippen MR) is 74.0 cm³/mol. The Balaban J connectivity index is 2.26. The van der Waals surface area contributed by atoms with Gasteiger partial charge < -0.3 is 11.1 Å². The Morgan fingerprint density at radius 2 is 2.06 bits per heavy atom. The maximum atomic E-state index is 11.5. The molecule has 3 nitrogen and oxygen atoms in total. The van der Waals surface area contributed by atoms with Crippen molar-refractivity contribution in [1.29, 1.82) is 0 Å². The van der Waals surface area contributed by atoms with E-state index in [-0.39, 0.29) is 5.91 Å². The summed E-state index contributed by atoms with van der Waals surface area (Å²) in [5.74, 6) is -0.386. The number of hydrogen-bond acceptors (Lipinski definition) is 3. The smallest absolute Gasteiger partial charge is 0.245 e. The molecule has 0 saturated heterocycles. The number of hydrogen-bond donors (Lipinski definition) is 2. The Morgan fingerprint density at radius 3 is 2.65 bits per heavy atom. The van der Waals surface area contributed by atoms with E-state index in [0.717, 1.165) is 15.0 Å². The molecule has 5 heteroatoms. The highest BCUT2D eigenvalue weighted by molar-refractivity contribution is 9.10. The van der Waals surface area contributed by atoms with Gasteiger partial charge in [-0.05, 0) is 39.5 Å². The van der Waals surface area contributed by atoms with Crippen molar-refractivity contribution in [1.82, 2.24) is 0 Å². The number of benzene rings is 1. The number of carbonyl (C=O) groups is 1. The van der Waals surface area contributed by atoms with Gasteiger partial charge in [-0.1, -0.05) is 18.2 Å². The summed E-state index contributed by atoms with van der Waals surface area (Å²) in [6, 6.07) is 10.9. The Bertz CT molecular complexity index is 513. The van der Waals surface area contributed by atoms with Crippen molar-refractivity contribution >= 4 is 38.9 Å². The number of para-hydroxylation sites is 1. The summed E-state index contributed by atoms with van der Waals surface area (Å²) in [6.07, 6.45) is 0. The molecule has 1 unspecified atom stereocenters. The van der Waals surface area contributed by atoms with Gasteiger partial charge in [-0.25, -0.2) is 0 Å². The summed E-state index contributed by atoms with van der Waals surface area (Å²) >= 11 is 4.93. The molecular weight excluding hydrogens is 300 g/mol. The van der Waals surface area contributed by atoms with E-state index in [9.17, 15) is 4.79 Å². The fourth-order valence-corrected chi connectivity index (χ4v) is 2.65. The first-order valence-corrected chi connectivity index (χ1v) is 6.69. The second-order valence-electron chi connectivity index (χ2n) is 3.47. The highest BCUT2D eigenvalue weighted by Crippen LogP contribution is 2.28. The van der Waals surface area contributed by atoms with E-state index < -0.39 is 6.04 Å². The topological polar surface area (TPSA) is 55.1 Å². The molecule has 3 N–H and O–H groups in total. The number of primary amides is 1. The van der Waals surface area contributed by atoms with Gasteiger partial charge in [-0.2, -0.15) is 0 Å². The third kappa shape index (κ3) is 2.87. The number of carbonyl (C=O) groups excluding carboxylic acids is 1. The molecular formula is C12H11BrN2OS. The maximum absolute atomic E-state index is 11.5. The molecule has 17 heavy (non-hydrogen) atoms.